The smallest absolute Gasteiger partial charge is 0.340 e. The predicted octanol–water partition coefficient (Wildman–Crippen LogP) is 1.94. The van der Waals surface area contributed by atoms with Gasteiger partial charge < -0.3 is 9.47 Å². The van der Waals surface area contributed by atoms with E-state index in [4.69, 9.17) is 32.7 Å². The van der Waals surface area contributed by atoms with Crippen LogP contribution >= 0.6 is 23.2 Å². The molecule has 0 aromatic carbocycles. The van der Waals surface area contributed by atoms with E-state index in [2.05, 4.69) is 4.98 Å². The van der Waals surface area contributed by atoms with Gasteiger partial charge in [-0.3, -0.25) is 0 Å². The molecule has 1 aromatic rings. The van der Waals surface area contributed by atoms with Gasteiger partial charge in [-0.25, -0.2) is 9.78 Å². The van der Waals surface area contributed by atoms with Gasteiger partial charge in [0.25, 0.3) is 0 Å². The van der Waals surface area contributed by atoms with Crippen molar-refractivity contribution in [3.05, 3.63) is 28.0 Å². The molecule has 0 unspecified atom stereocenters. The Bertz CT molecular complexity index is 393. The summed E-state index contributed by atoms with van der Waals surface area (Å²) in [7, 11) is 0. The molecular weight excluding hydrogens is 241 g/mol. The van der Waals surface area contributed by atoms with Gasteiger partial charge in [0, 0.05) is 6.20 Å². The fraction of sp³-hybridized carbons (Fsp3) is 0.333. The first-order valence-electron chi connectivity index (χ1n) is 4.26. The highest BCUT2D eigenvalue weighted by Gasteiger charge is 2.23. The average Bonchev–Trinajstić information content (AvgIpc) is 2.15. The lowest BCUT2D eigenvalue weighted by atomic mass is 10.3. The second-order valence-corrected chi connectivity index (χ2v) is 3.83. The van der Waals surface area contributed by atoms with E-state index in [1.165, 1.54) is 12.3 Å². The van der Waals surface area contributed by atoms with Crippen LogP contribution in [0, 0.1) is 0 Å². The van der Waals surface area contributed by atoms with Gasteiger partial charge in [-0.05, 0) is 6.07 Å². The first-order chi connectivity index (χ1) is 7.16. The molecule has 2 heterocycles. The Labute approximate surface area is 96.1 Å². The number of esters is 1. The normalized spacial score (nSPS) is 15.9. The third kappa shape index (κ3) is 2.40. The van der Waals surface area contributed by atoms with Gasteiger partial charge in [0.15, 0.2) is 0 Å². The molecule has 15 heavy (non-hydrogen) atoms. The Morgan fingerprint density at radius 1 is 1.53 bits per heavy atom. The first-order valence-corrected chi connectivity index (χ1v) is 5.02. The third-order valence-electron chi connectivity index (χ3n) is 1.91. The molecule has 1 aromatic heterocycles. The summed E-state index contributed by atoms with van der Waals surface area (Å²) in [6, 6.07) is 1.43. The van der Waals surface area contributed by atoms with Gasteiger partial charge in [-0.15, -0.1) is 0 Å². The summed E-state index contributed by atoms with van der Waals surface area (Å²) in [6.45, 7) is 0.890. The Kier molecular flexibility index (Phi) is 3.09. The van der Waals surface area contributed by atoms with E-state index < -0.39 is 5.97 Å². The Morgan fingerprint density at radius 3 is 2.80 bits per heavy atom. The van der Waals surface area contributed by atoms with Gasteiger partial charge in [-0.2, -0.15) is 0 Å². The standard InChI is InChI=1S/C9H7Cl2NO3/c10-7-1-5(2-12-8(7)11)9(13)15-6-3-14-4-6/h1-2,6H,3-4H2. The Hall–Kier alpha value is -0.840. The number of ether oxygens (including phenoxy) is 2. The van der Waals surface area contributed by atoms with Crippen molar-refractivity contribution >= 4 is 29.2 Å². The van der Waals surface area contributed by atoms with Crippen molar-refractivity contribution in [1.82, 2.24) is 4.98 Å². The number of pyridine rings is 1. The Morgan fingerprint density at radius 2 is 2.27 bits per heavy atom. The molecule has 80 valence electrons. The number of carbonyl (C=O) groups excluding carboxylic acids is 1. The average molecular weight is 248 g/mol. The highest BCUT2D eigenvalue weighted by Crippen LogP contribution is 2.20. The van der Waals surface area contributed by atoms with Gasteiger partial charge >= 0.3 is 5.97 Å². The van der Waals surface area contributed by atoms with Crippen molar-refractivity contribution in [3.8, 4) is 0 Å². The predicted molar refractivity (Wildman–Crippen MR) is 54.3 cm³/mol. The van der Waals surface area contributed by atoms with Crippen molar-refractivity contribution in [3.63, 3.8) is 0 Å². The van der Waals surface area contributed by atoms with E-state index in [1.54, 1.807) is 0 Å². The third-order valence-corrected chi connectivity index (χ3v) is 2.60. The zero-order chi connectivity index (χ0) is 10.8. The van der Waals surface area contributed by atoms with Crippen LogP contribution < -0.4 is 0 Å². The largest absolute Gasteiger partial charge is 0.454 e. The van der Waals surface area contributed by atoms with Crippen molar-refractivity contribution in [2.45, 2.75) is 6.10 Å². The number of hydrogen-bond acceptors (Lipinski definition) is 4. The van der Waals surface area contributed by atoms with Crippen LogP contribution in [0.2, 0.25) is 10.2 Å². The number of carbonyl (C=O) groups is 1. The lowest BCUT2D eigenvalue weighted by molar-refractivity contribution is -0.103. The molecule has 0 atom stereocenters. The first kappa shape index (κ1) is 10.7. The summed E-state index contributed by atoms with van der Waals surface area (Å²) in [6.07, 6.45) is 1.17. The van der Waals surface area contributed by atoms with Gasteiger partial charge in [0.05, 0.1) is 23.8 Å². The highest BCUT2D eigenvalue weighted by molar-refractivity contribution is 6.41. The number of rotatable bonds is 2. The van der Waals surface area contributed by atoms with Crippen LogP contribution in [0.3, 0.4) is 0 Å². The topological polar surface area (TPSA) is 48.4 Å². The maximum Gasteiger partial charge on any atom is 0.340 e. The Balaban J connectivity index is 2.07. The van der Waals surface area contributed by atoms with Crippen molar-refractivity contribution < 1.29 is 14.3 Å². The molecule has 0 bridgehead atoms. The molecule has 0 saturated carbocycles. The summed E-state index contributed by atoms with van der Waals surface area (Å²) < 4.78 is 9.94. The van der Waals surface area contributed by atoms with Crippen LogP contribution in [0.1, 0.15) is 10.4 Å². The summed E-state index contributed by atoms with van der Waals surface area (Å²) in [4.78, 5) is 15.2. The zero-order valence-corrected chi connectivity index (χ0v) is 9.09. The highest BCUT2D eigenvalue weighted by atomic mass is 35.5. The molecule has 0 amide bonds. The van der Waals surface area contributed by atoms with E-state index in [-0.39, 0.29) is 21.8 Å². The SMILES string of the molecule is O=C(OC1COC1)c1cnc(Cl)c(Cl)c1. The maximum absolute atomic E-state index is 11.5. The van der Waals surface area contributed by atoms with E-state index in [9.17, 15) is 4.79 Å². The van der Waals surface area contributed by atoms with Gasteiger partial charge in [0.2, 0.25) is 0 Å². The van der Waals surface area contributed by atoms with E-state index in [1.807, 2.05) is 0 Å². The molecule has 0 aliphatic carbocycles. The van der Waals surface area contributed by atoms with Crippen LogP contribution in [-0.2, 0) is 9.47 Å². The minimum atomic E-state index is -0.464. The van der Waals surface area contributed by atoms with Crippen LogP contribution in [0.25, 0.3) is 0 Å². The molecule has 4 nitrogen and oxygen atoms in total. The lowest BCUT2D eigenvalue weighted by Crippen LogP contribution is -2.37. The summed E-state index contributed by atoms with van der Waals surface area (Å²) in [5.74, 6) is -0.464. The van der Waals surface area contributed by atoms with Crippen molar-refractivity contribution in [2.24, 2.45) is 0 Å². The molecule has 0 spiro atoms. The molecule has 1 aliphatic rings. The number of halogens is 2. The number of hydrogen-bond donors (Lipinski definition) is 0. The molecule has 1 saturated heterocycles. The zero-order valence-electron chi connectivity index (χ0n) is 7.57. The maximum atomic E-state index is 11.5. The van der Waals surface area contributed by atoms with Crippen LogP contribution in [0.5, 0.6) is 0 Å². The fourth-order valence-corrected chi connectivity index (χ4v) is 1.30. The molecule has 0 N–H and O–H groups in total. The van der Waals surface area contributed by atoms with Crippen LogP contribution in [0.4, 0.5) is 0 Å². The molecular formula is C9H7Cl2NO3. The van der Waals surface area contributed by atoms with E-state index in [0.29, 0.717) is 13.2 Å². The molecule has 1 aliphatic heterocycles. The van der Waals surface area contributed by atoms with Crippen LogP contribution in [0.15, 0.2) is 12.3 Å². The van der Waals surface area contributed by atoms with Crippen molar-refractivity contribution in [2.75, 3.05) is 13.2 Å². The monoisotopic (exact) mass is 247 g/mol. The van der Waals surface area contributed by atoms with Crippen molar-refractivity contribution in [1.29, 1.82) is 0 Å². The van der Waals surface area contributed by atoms with Gasteiger partial charge in [-0.1, -0.05) is 23.2 Å². The lowest BCUT2D eigenvalue weighted by Gasteiger charge is -2.25. The molecule has 1 fully saturated rings. The van der Waals surface area contributed by atoms with E-state index >= 15 is 0 Å². The summed E-state index contributed by atoms with van der Waals surface area (Å²) >= 11 is 11.3. The molecule has 2 rings (SSSR count). The second-order valence-electron chi connectivity index (χ2n) is 3.06. The van der Waals surface area contributed by atoms with E-state index in [0.717, 1.165) is 0 Å². The van der Waals surface area contributed by atoms with Gasteiger partial charge in [0.1, 0.15) is 11.3 Å². The molecule has 0 radical (unpaired) electrons. The summed E-state index contributed by atoms with van der Waals surface area (Å²) in [5.41, 5.74) is 0.288. The second kappa shape index (κ2) is 4.35. The summed E-state index contributed by atoms with van der Waals surface area (Å²) in [5, 5.41) is 0.399. The minimum absolute atomic E-state index is 0.160. The minimum Gasteiger partial charge on any atom is -0.454 e. The fourth-order valence-electron chi connectivity index (χ4n) is 1.03. The number of aromatic nitrogens is 1. The van der Waals surface area contributed by atoms with Crippen LogP contribution in [-0.4, -0.2) is 30.3 Å². The molecule has 6 heteroatoms. The quantitative estimate of drug-likeness (QED) is 0.592. The number of nitrogens with zero attached hydrogens (tertiary/aromatic N) is 1.